The van der Waals surface area contributed by atoms with Crippen LogP contribution in [0.2, 0.25) is 0 Å². The Balaban J connectivity index is 1.65. The van der Waals surface area contributed by atoms with Crippen LogP contribution in [0.1, 0.15) is 32.3 Å². The maximum atomic E-state index is 13.0. The highest BCUT2D eigenvalue weighted by atomic mass is 16.2. The maximum Gasteiger partial charge on any atom is 0.275 e. The number of fused-ring (bicyclic) bond motifs is 1. The first-order chi connectivity index (χ1) is 14.5. The third kappa shape index (κ3) is 4.22. The second-order valence-electron chi connectivity index (χ2n) is 8.13. The molecule has 1 unspecified atom stereocenters. The summed E-state index contributed by atoms with van der Waals surface area (Å²) in [6.45, 7) is 6.02. The number of nitrogens with zero attached hydrogens (tertiary/aromatic N) is 3. The van der Waals surface area contributed by atoms with E-state index in [2.05, 4.69) is 29.2 Å². The predicted molar refractivity (Wildman–Crippen MR) is 121 cm³/mol. The van der Waals surface area contributed by atoms with E-state index in [1.165, 1.54) is 11.1 Å². The molecule has 2 heterocycles. The lowest BCUT2D eigenvalue weighted by Gasteiger charge is -2.32. The molecular weight excluding hydrogens is 376 g/mol. The van der Waals surface area contributed by atoms with Gasteiger partial charge in [-0.15, -0.1) is 0 Å². The SMILES string of the molecule is CCc1cccc(NC(=O)Cn2nc(N3CCCC(C)C3)c3ccccc3c2=O)c1. The minimum atomic E-state index is -0.258. The van der Waals surface area contributed by atoms with E-state index < -0.39 is 0 Å². The molecule has 1 amide bonds. The zero-order valence-electron chi connectivity index (χ0n) is 17.6. The highest BCUT2D eigenvalue weighted by Crippen LogP contribution is 2.26. The molecule has 0 radical (unpaired) electrons. The molecule has 6 nitrogen and oxygen atoms in total. The van der Waals surface area contributed by atoms with Crippen LogP contribution in [0.5, 0.6) is 0 Å². The number of hydrogen-bond acceptors (Lipinski definition) is 4. The topological polar surface area (TPSA) is 67.2 Å². The lowest BCUT2D eigenvalue weighted by molar-refractivity contribution is -0.117. The van der Waals surface area contributed by atoms with Gasteiger partial charge in [0.1, 0.15) is 6.54 Å². The van der Waals surface area contributed by atoms with Gasteiger partial charge in [0, 0.05) is 24.2 Å². The highest BCUT2D eigenvalue weighted by molar-refractivity contribution is 5.93. The molecule has 1 saturated heterocycles. The molecule has 30 heavy (non-hydrogen) atoms. The lowest BCUT2D eigenvalue weighted by Crippen LogP contribution is -2.38. The van der Waals surface area contributed by atoms with Crippen LogP contribution < -0.4 is 15.8 Å². The van der Waals surface area contributed by atoms with Gasteiger partial charge in [-0.1, -0.05) is 44.2 Å². The van der Waals surface area contributed by atoms with Crippen molar-refractivity contribution in [2.75, 3.05) is 23.3 Å². The summed E-state index contributed by atoms with van der Waals surface area (Å²) in [5.41, 5.74) is 1.64. The van der Waals surface area contributed by atoms with E-state index in [0.717, 1.165) is 48.4 Å². The van der Waals surface area contributed by atoms with Gasteiger partial charge in [0.2, 0.25) is 5.91 Å². The Morgan fingerprint density at radius 2 is 1.97 bits per heavy atom. The number of aromatic nitrogens is 2. The number of carbonyl (C=O) groups excluding carboxylic acids is 1. The van der Waals surface area contributed by atoms with E-state index in [4.69, 9.17) is 0 Å². The molecule has 1 aliphatic heterocycles. The number of hydrogen-bond donors (Lipinski definition) is 1. The number of rotatable bonds is 5. The van der Waals surface area contributed by atoms with Crippen molar-refractivity contribution in [1.82, 2.24) is 9.78 Å². The van der Waals surface area contributed by atoms with Gasteiger partial charge in [-0.2, -0.15) is 5.10 Å². The summed E-state index contributed by atoms with van der Waals surface area (Å²) in [6, 6.07) is 15.3. The van der Waals surface area contributed by atoms with Crippen LogP contribution >= 0.6 is 0 Å². The molecule has 0 aliphatic carbocycles. The van der Waals surface area contributed by atoms with E-state index in [-0.39, 0.29) is 18.0 Å². The van der Waals surface area contributed by atoms with Crippen LogP contribution in [-0.4, -0.2) is 28.8 Å². The highest BCUT2D eigenvalue weighted by Gasteiger charge is 2.22. The third-order valence-electron chi connectivity index (χ3n) is 5.72. The summed E-state index contributed by atoms with van der Waals surface area (Å²) in [4.78, 5) is 27.9. The minimum Gasteiger partial charge on any atom is -0.354 e. The number of carbonyl (C=O) groups is 1. The molecule has 2 aromatic carbocycles. The fourth-order valence-electron chi connectivity index (χ4n) is 4.15. The third-order valence-corrected chi connectivity index (χ3v) is 5.72. The van der Waals surface area contributed by atoms with Crippen LogP contribution in [0.25, 0.3) is 10.8 Å². The van der Waals surface area contributed by atoms with Crippen LogP contribution in [0.15, 0.2) is 53.3 Å². The molecule has 1 atom stereocenters. The van der Waals surface area contributed by atoms with Crippen molar-refractivity contribution in [3.8, 4) is 0 Å². The van der Waals surface area contributed by atoms with Crippen molar-refractivity contribution in [3.05, 3.63) is 64.4 Å². The van der Waals surface area contributed by atoms with Crippen molar-refractivity contribution < 1.29 is 4.79 Å². The quantitative estimate of drug-likeness (QED) is 0.702. The molecule has 4 rings (SSSR count). The Morgan fingerprint density at radius 3 is 2.73 bits per heavy atom. The smallest absolute Gasteiger partial charge is 0.275 e. The van der Waals surface area contributed by atoms with Gasteiger partial charge in [-0.25, -0.2) is 4.68 Å². The van der Waals surface area contributed by atoms with Gasteiger partial charge in [-0.05, 0) is 48.9 Å². The molecule has 1 aliphatic rings. The number of piperidine rings is 1. The fourth-order valence-corrected chi connectivity index (χ4v) is 4.15. The zero-order valence-corrected chi connectivity index (χ0v) is 17.6. The molecule has 6 heteroatoms. The van der Waals surface area contributed by atoms with Crippen LogP contribution in [0, 0.1) is 5.92 Å². The normalized spacial score (nSPS) is 16.6. The van der Waals surface area contributed by atoms with Gasteiger partial charge < -0.3 is 10.2 Å². The molecule has 3 aromatic rings. The number of aryl methyl sites for hydroxylation is 1. The number of nitrogens with one attached hydrogen (secondary N) is 1. The van der Waals surface area contributed by atoms with Gasteiger partial charge in [0.15, 0.2) is 5.82 Å². The molecule has 1 fully saturated rings. The summed E-state index contributed by atoms with van der Waals surface area (Å²) in [6.07, 6.45) is 3.20. The second kappa shape index (κ2) is 8.69. The van der Waals surface area contributed by atoms with E-state index in [1.807, 2.05) is 48.5 Å². The van der Waals surface area contributed by atoms with Gasteiger partial charge in [-0.3, -0.25) is 9.59 Å². The summed E-state index contributed by atoms with van der Waals surface area (Å²) in [5.74, 6) is 1.11. The van der Waals surface area contributed by atoms with E-state index in [0.29, 0.717) is 11.3 Å². The summed E-state index contributed by atoms with van der Waals surface area (Å²) < 4.78 is 1.30. The van der Waals surface area contributed by atoms with Crippen LogP contribution in [-0.2, 0) is 17.8 Å². The molecule has 0 bridgehead atoms. The Kier molecular flexibility index (Phi) is 5.84. The van der Waals surface area contributed by atoms with E-state index >= 15 is 0 Å². The summed E-state index contributed by atoms with van der Waals surface area (Å²) in [5, 5.41) is 8.99. The Labute approximate surface area is 176 Å². The van der Waals surface area contributed by atoms with E-state index in [9.17, 15) is 9.59 Å². The molecule has 1 aromatic heterocycles. The average molecular weight is 405 g/mol. The lowest BCUT2D eigenvalue weighted by atomic mass is 10.00. The van der Waals surface area contributed by atoms with Crippen molar-refractivity contribution in [1.29, 1.82) is 0 Å². The van der Waals surface area contributed by atoms with Crippen molar-refractivity contribution >= 4 is 28.2 Å². The fraction of sp³-hybridized carbons (Fsp3) is 0.375. The summed E-state index contributed by atoms with van der Waals surface area (Å²) >= 11 is 0. The van der Waals surface area contributed by atoms with Gasteiger partial charge in [0.25, 0.3) is 5.56 Å². The number of anilines is 2. The molecule has 156 valence electrons. The standard InChI is InChI=1S/C24H28N4O2/c1-3-18-9-6-10-19(14-18)25-22(29)16-28-24(30)21-12-5-4-11-20(21)23(26-28)27-13-7-8-17(2)15-27/h4-6,9-12,14,17H,3,7-8,13,15-16H2,1-2H3,(H,25,29). The predicted octanol–water partition coefficient (Wildman–Crippen LogP) is 3.83. The van der Waals surface area contributed by atoms with Crippen molar-refractivity contribution in [3.63, 3.8) is 0 Å². The largest absolute Gasteiger partial charge is 0.354 e. The van der Waals surface area contributed by atoms with Crippen molar-refractivity contribution in [2.45, 2.75) is 39.7 Å². The molecular formula is C24H28N4O2. The van der Waals surface area contributed by atoms with Crippen LogP contribution in [0.3, 0.4) is 0 Å². The Bertz CT molecular complexity index is 1120. The number of amides is 1. The van der Waals surface area contributed by atoms with Gasteiger partial charge >= 0.3 is 0 Å². The Hall–Kier alpha value is -3.15. The first kappa shape index (κ1) is 20.1. The average Bonchev–Trinajstić information content (AvgIpc) is 2.76. The maximum absolute atomic E-state index is 13.0. The number of benzene rings is 2. The first-order valence-corrected chi connectivity index (χ1v) is 10.7. The zero-order chi connectivity index (χ0) is 21.1. The minimum absolute atomic E-state index is 0.115. The van der Waals surface area contributed by atoms with Crippen LogP contribution in [0.4, 0.5) is 11.5 Å². The Morgan fingerprint density at radius 1 is 1.17 bits per heavy atom. The molecule has 1 N–H and O–H groups in total. The van der Waals surface area contributed by atoms with E-state index in [1.54, 1.807) is 0 Å². The molecule has 0 saturated carbocycles. The monoisotopic (exact) mass is 404 g/mol. The molecule has 0 spiro atoms. The van der Waals surface area contributed by atoms with Crippen molar-refractivity contribution in [2.24, 2.45) is 5.92 Å². The first-order valence-electron chi connectivity index (χ1n) is 10.7. The van der Waals surface area contributed by atoms with Gasteiger partial charge in [0.05, 0.1) is 5.39 Å². The summed E-state index contributed by atoms with van der Waals surface area (Å²) in [7, 11) is 0. The second-order valence-corrected chi connectivity index (χ2v) is 8.13.